The first-order chi connectivity index (χ1) is 8.31. The van der Waals surface area contributed by atoms with E-state index in [-0.39, 0.29) is 11.3 Å². The number of anilines is 1. The maximum Gasteiger partial charge on any atom is 0.295 e. The lowest BCUT2D eigenvalue weighted by molar-refractivity contribution is 0.407. The van der Waals surface area contributed by atoms with Crippen molar-refractivity contribution in [1.82, 2.24) is 15.3 Å². The summed E-state index contributed by atoms with van der Waals surface area (Å²) in [5, 5.41) is 6.62. The molecule has 0 radical (unpaired) electrons. The van der Waals surface area contributed by atoms with E-state index in [2.05, 4.69) is 20.6 Å². The summed E-state index contributed by atoms with van der Waals surface area (Å²) in [5.74, 6) is 0.765. The van der Waals surface area contributed by atoms with Crippen LogP contribution in [0, 0.1) is 0 Å². The number of aromatic amines is 1. The highest BCUT2D eigenvalue weighted by Crippen LogP contribution is 2.17. The Hall–Kier alpha value is -1.56. The summed E-state index contributed by atoms with van der Waals surface area (Å²) in [7, 11) is 1.47. The van der Waals surface area contributed by atoms with Gasteiger partial charge in [0, 0.05) is 12.6 Å². The highest BCUT2D eigenvalue weighted by molar-refractivity contribution is 5.48. The normalized spacial score (nSPS) is 20.6. The Morgan fingerprint density at radius 3 is 3.24 bits per heavy atom. The van der Waals surface area contributed by atoms with Crippen LogP contribution < -0.4 is 20.9 Å². The summed E-state index contributed by atoms with van der Waals surface area (Å²) in [6.45, 7) is 1.94. The molecule has 0 aliphatic carbocycles. The van der Waals surface area contributed by atoms with Crippen molar-refractivity contribution < 1.29 is 4.74 Å². The van der Waals surface area contributed by atoms with Crippen LogP contribution in [0.1, 0.15) is 19.3 Å². The molecule has 1 fully saturated rings. The van der Waals surface area contributed by atoms with Crippen LogP contribution in [-0.4, -0.2) is 36.2 Å². The van der Waals surface area contributed by atoms with Gasteiger partial charge in [-0.15, -0.1) is 0 Å². The summed E-state index contributed by atoms with van der Waals surface area (Å²) >= 11 is 0. The van der Waals surface area contributed by atoms with E-state index in [0.717, 1.165) is 19.5 Å². The Morgan fingerprint density at radius 2 is 2.41 bits per heavy atom. The van der Waals surface area contributed by atoms with E-state index in [1.165, 1.54) is 26.3 Å². The number of methoxy groups -OCH3 is 1. The van der Waals surface area contributed by atoms with Crippen LogP contribution in [0.4, 0.5) is 5.82 Å². The first-order valence-corrected chi connectivity index (χ1v) is 5.90. The van der Waals surface area contributed by atoms with Crippen LogP contribution in [0.5, 0.6) is 5.75 Å². The molecule has 1 saturated heterocycles. The van der Waals surface area contributed by atoms with Gasteiger partial charge in [0.05, 0.1) is 13.4 Å². The molecule has 0 bridgehead atoms. The van der Waals surface area contributed by atoms with Crippen molar-refractivity contribution in [3.05, 3.63) is 16.7 Å². The second kappa shape index (κ2) is 5.67. The summed E-state index contributed by atoms with van der Waals surface area (Å²) in [6.07, 6.45) is 4.83. The lowest BCUT2D eigenvalue weighted by Gasteiger charge is -2.17. The molecule has 0 amide bonds. The Labute approximate surface area is 99.8 Å². The molecule has 2 rings (SSSR count). The van der Waals surface area contributed by atoms with Crippen molar-refractivity contribution in [1.29, 1.82) is 0 Å². The predicted molar refractivity (Wildman–Crippen MR) is 65.5 cm³/mol. The van der Waals surface area contributed by atoms with E-state index in [1.54, 1.807) is 0 Å². The van der Waals surface area contributed by atoms with Crippen LogP contribution in [-0.2, 0) is 0 Å². The Kier molecular flexibility index (Phi) is 3.98. The number of H-pyrrole nitrogens is 1. The lowest BCUT2D eigenvalue weighted by atomic mass is 10.1. The predicted octanol–water partition coefficient (Wildman–Crippen LogP) is 0.332. The molecule has 2 heterocycles. The Balaban J connectivity index is 2.11. The molecular weight excluding hydrogens is 220 g/mol. The third-order valence-corrected chi connectivity index (χ3v) is 2.90. The fourth-order valence-electron chi connectivity index (χ4n) is 2.01. The van der Waals surface area contributed by atoms with Gasteiger partial charge in [0.15, 0.2) is 5.82 Å². The standard InChI is InChI=1S/C11H18N4O2/c1-17-9-10(13-7-14-11(9)16)15-8-4-2-3-5-12-6-8/h7-8,12H,2-6H2,1H3,(H2,13,14,15,16). The molecule has 1 aromatic heterocycles. The molecule has 0 aromatic carbocycles. The fraction of sp³-hybridized carbons (Fsp3) is 0.636. The quantitative estimate of drug-likeness (QED) is 0.707. The fourth-order valence-corrected chi connectivity index (χ4v) is 2.01. The van der Waals surface area contributed by atoms with E-state index >= 15 is 0 Å². The number of hydrogen-bond donors (Lipinski definition) is 3. The van der Waals surface area contributed by atoms with E-state index in [1.807, 2.05) is 0 Å². The summed E-state index contributed by atoms with van der Waals surface area (Å²) in [6, 6.07) is 0.292. The zero-order chi connectivity index (χ0) is 12.1. The molecule has 0 spiro atoms. The first kappa shape index (κ1) is 11.9. The average Bonchev–Trinajstić information content (AvgIpc) is 2.58. The molecule has 6 nitrogen and oxygen atoms in total. The smallest absolute Gasteiger partial charge is 0.295 e. The minimum absolute atomic E-state index is 0.247. The Bertz CT molecular complexity index is 410. The molecule has 17 heavy (non-hydrogen) atoms. The third kappa shape index (κ3) is 2.97. The van der Waals surface area contributed by atoms with Crippen LogP contribution in [0.15, 0.2) is 11.1 Å². The van der Waals surface area contributed by atoms with E-state index in [4.69, 9.17) is 4.74 Å². The average molecular weight is 238 g/mol. The van der Waals surface area contributed by atoms with Gasteiger partial charge in [0.1, 0.15) is 0 Å². The van der Waals surface area contributed by atoms with Crippen LogP contribution in [0.25, 0.3) is 0 Å². The molecule has 1 atom stereocenters. The van der Waals surface area contributed by atoms with Crippen LogP contribution in [0.2, 0.25) is 0 Å². The first-order valence-electron chi connectivity index (χ1n) is 5.90. The number of rotatable bonds is 3. The van der Waals surface area contributed by atoms with Gasteiger partial charge < -0.3 is 20.4 Å². The number of nitrogens with zero attached hydrogens (tertiary/aromatic N) is 1. The highest BCUT2D eigenvalue weighted by Gasteiger charge is 2.15. The van der Waals surface area contributed by atoms with Crippen molar-refractivity contribution >= 4 is 5.82 Å². The topological polar surface area (TPSA) is 79.0 Å². The summed E-state index contributed by atoms with van der Waals surface area (Å²) in [4.78, 5) is 18.1. The maximum absolute atomic E-state index is 11.5. The summed E-state index contributed by atoms with van der Waals surface area (Å²) in [5.41, 5.74) is -0.258. The minimum atomic E-state index is -0.258. The van der Waals surface area contributed by atoms with Crippen molar-refractivity contribution in [2.24, 2.45) is 0 Å². The highest BCUT2D eigenvalue weighted by atomic mass is 16.5. The van der Waals surface area contributed by atoms with Gasteiger partial charge in [0.2, 0.25) is 5.75 Å². The molecule has 1 aliphatic rings. The Morgan fingerprint density at radius 1 is 1.53 bits per heavy atom. The van der Waals surface area contributed by atoms with Crippen molar-refractivity contribution in [2.45, 2.75) is 25.3 Å². The van der Waals surface area contributed by atoms with Gasteiger partial charge in [-0.25, -0.2) is 4.98 Å². The molecule has 94 valence electrons. The molecule has 1 aromatic rings. The molecule has 6 heteroatoms. The van der Waals surface area contributed by atoms with E-state index in [9.17, 15) is 4.79 Å². The van der Waals surface area contributed by atoms with Gasteiger partial charge in [-0.3, -0.25) is 4.79 Å². The summed E-state index contributed by atoms with van der Waals surface area (Å²) < 4.78 is 5.06. The number of nitrogens with one attached hydrogen (secondary N) is 3. The number of hydrogen-bond acceptors (Lipinski definition) is 5. The zero-order valence-electron chi connectivity index (χ0n) is 9.95. The number of ether oxygens (including phenoxy) is 1. The second-order valence-corrected chi connectivity index (χ2v) is 4.15. The molecule has 1 unspecified atom stereocenters. The molecule has 0 saturated carbocycles. The second-order valence-electron chi connectivity index (χ2n) is 4.15. The van der Waals surface area contributed by atoms with Crippen molar-refractivity contribution in [3.63, 3.8) is 0 Å². The molecule has 1 aliphatic heterocycles. The van der Waals surface area contributed by atoms with Gasteiger partial charge in [-0.05, 0) is 19.4 Å². The van der Waals surface area contributed by atoms with E-state index in [0.29, 0.717) is 11.9 Å². The zero-order valence-corrected chi connectivity index (χ0v) is 9.95. The monoisotopic (exact) mass is 238 g/mol. The van der Waals surface area contributed by atoms with Crippen LogP contribution >= 0.6 is 0 Å². The SMILES string of the molecule is COc1c(NC2CCCCNC2)nc[nH]c1=O. The minimum Gasteiger partial charge on any atom is -0.489 e. The van der Waals surface area contributed by atoms with Crippen molar-refractivity contribution in [3.8, 4) is 5.75 Å². The van der Waals surface area contributed by atoms with Gasteiger partial charge in [-0.2, -0.15) is 0 Å². The molecular formula is C11H18N4O2. The van der Waals surface area contributed by atoms with Gasteiger partial charge in [-0.1, -0.05) is 6.42 Å². The third-order valence-electron chi connectivity index (χ3n) is 2.90. The molecule has 3 N–H and O–H groups in total. The lowest BCUT2D eigenvalue weighted by Crippen LogP contribution is -2.32. The van der Waals surface area contributed by atoms with Gasteiger partial charge >= 0.3 is 0 Å². The van der Waals surface area contributed by atoms with Crippen molar-refractivity contribution in [2.75, 3.05) is 25.5 Å². The maximum atomic E-state index is 11.5. The van der Waals surface area contributed by atoms with E-state index < -0.39 is 0 Å². The van der Waals surface area contributed by atoms with Gasteiger partial charge in [0.25, 0.3) is 5.56 Å². The number of aromatic nitrogens is 2. The van der Waals surface area contributed by atoms with Crippen LogP contribution in [0.3, 0.4) is 0 Å². The largest absolute Gasteiger partial charge is 0.489 e.